The van der Waals surface area contributed by atoms with Crippen molar-refractivity contribution in [2.45, 2.75) is 111 Å². The predicted molar refractivity (Wildman–Crippen MR) is 172 cm³/mol. The van der Waals surface area contributed by atoms with Crippen molar-refractivity contribution in [3.63, 3.8) is 0 Å². The highest BCUT2D eigenvalue weighted by Crippen LogP contribution is 2.32. The number of nitrogens with zero attached hydrogens (tertiary/aromatic N) is 6. The average Bonchev–Trinajstić information content (AvgIpc) is 3.34. The number of nitrogens with one attached hydrogen (secondary N) is 1. The molecule has 46 heavy (non-hydrogen) atoms. The molecule has 1 unspecified atom stereocenters. The first-order chi connectivity index (χ1) is 21.3. The fourth-order valence-electron chi connectivity index (χ4n) is 5.22. The number of nitro benzene ring substituents is 1. The molecule has 1 aromatic carbocycles. The number of piperidine rings is 1. The maximum absolute atomic E-state index is 15.0. The summed E-state index contributed by atoms with van der Waals surface area (Å²) in [4.78, 5) is 45.5. The first-order valence-electron chi connectivity index (χ1n) is 15.4. The molecule has 1 saturated heterocycles. The molecule has 1 aliphatic rings. The second-order valence-electron chi connectivity index (χ2n) is 14.1. The van der Waals surface area contributed by atoms with E-state index in [9.17, 15) is 19.7 Å². The maximum atomic E-state index is 15.0. The highest BCUT2D eigenvalue weighted by Gasteiger charge is 2.40. The first kappa shape index (κ1) is 34.4. The molecule has 1 atom stereocenters. The fourth-order valence-corrected chi connectivity index (χ4v) is 5.22. The summed E-state index contributed by atoms with van der Waals surface area (Å²) < 4.78 is 27.9. The highest BCUT2D eigenvalue weighted by atomic mass is 19.1. The third kappa shape index (κ3) is 8.01. The van der Waals surface area contributed by atoms with Crippen molar-refractivity contribution in [2.24, 2.45) is 0 Å². The molecule has 1 N–H and O–H groups in total. The highest BCUT2D eigenvalue weighted by molar-refractivity contribution is 5.88. The van der Waals surface area contributed by atoms with Gasteiger partial charge in [-0.25, -0.2) is 19.0 Å². The topological polar surface area (TPSA) is 144 Å². The number of anilines is 2. The van der Waals surface area contributed by atoms with Crippen molar-refractivity contribution >= 4 is 35.2 Å². The summed E-state index contributed by atoms with van der Waals surface area (Å²) in [5.41, 5.74) is -1.11. The van der Waals surface area contributed by atoms with Gasteiger partial charge in [-0.1, -0.05) is 6.92 Å². The Morgan fingerprint density at radius 3 is 2.41 bits per heavy atom. The van der Waals surface area contributed by atoms with Gasteiger partial charge >= 0.3 is 12.2 Å². The molecule has 250 valence electrons. The summed E-state index contributed by atoms with van der Waals surface area (Å²) in [5, 5.41) is 19.4. The van der Waals surface area contributed by atoms with E-state index in [1.165, 1.54) is 9.42 Å². The minimum absolute atomic E-state index is 0.0788. The third-order valence-electron chi connectivity index (χ3n) is 7.57. The van der Waals surface area contributed by atoms with Crippen LogP contribution in [0.4, 0.5) is 31.3 Å². The van der Waals surface area contributed by atoms with E-state index in [4.69, 9.17) is 14.5 Å². The van der Waals surface area contributed by atoms with Gasteiger partial charge < -0.3 is 19.7 Å². The lowest BCUT2D eigenvalue weighted by molar-refractivity contribution is -0.385. The molecule has 0 bridgehead atoms. The van der Waals surface area contributed by atoms with Crippen molar-refractivity contribution in [1.82, 2.24) is 19.5 Å². The number of non-ortho nitro benzene ring substituents is 1. The molecule has 0 aliphatic carbocycles. The standard InChI is InChI=1S/C32H44FN7O6/c1-10-20-17-34-39-26(37(28(41)45-30(2,3)4)18-21-15-23(40(43)44)11-12-24(21)33)16-25(36-27(20)39)35-22-13-14-32(8,9)38(19-22)29(42)46-31(5,6)7/h11-12,15-17,22H,10,13-14,18-19H2,1-9H3,(H,35,36). The summed E-state index contributed by atoms with van der Waals surface area (Å²) in [6, 6.07) is 4.56. The second-order valence-corrected chi connectivity index (χ2v) is 14.1. The zero-order chi connectivity index (χ0) is 34.2. The Kier molecular flexibility index (Phi) is 9.51. The first-order valence-corrected chi connectivity index (χ1v) is 15.4. The van der Waals surface area contributed by atoms with Crippen molar-refractivity contribution in [3.8, 4) is 0 Å². The number of carbonyl (C=O) groups is 2. The molecular formula is C32H44FN7O6. The SMILES string of the molecule is CCc1cnn2c(N(Cc3cc([N+](=O)[O-])ccc3F)C(=O)OC(C)(C)C)cc(NC3CCC(C)(C)N(C(=O)OC(C)(C)C)C3)nc12. The number of carbonyl (C=O) groups excluding carboxylic acids is 2. The Labute approximate surface area is 268 Å². The molecule has 1 aliphatic heterocycles. The molecule has 1 fully saturated rings. The van der Waals surface area contributed by atoms with Crippen LogP contribution >= 0.6 is 0 Å². The van der Waals surface area contributed by atoms with E-state index in [-0.39, 0.29) is 29.7 Å². The number of aromatic nitrogens is 3. The number of nitro groups is 1. The molecular weight excluding hydrogens is 597 g/mol. The number of likely N-dealkylation sites (tertiary alicyclic amines) is 1. The second kappa shape index (κ2) is 12.7. The van der Waals surface area contributed by atoms with Crippen LogP contribution in [-0.4, -0.2) is 65.9 Å². The minimum atomic E-state index is -0.900. The van der Waals surface area contributed by atoms with Gasteiger partial charge in [0.25, 0.3) is 5.69 Å². The molecule has 13 nitrogen and oxygen atoms in total. The Bertz CT molecular complexity index is 1630. The largest absolute Gasteiger partial charge is 0.444 e. The smallest absolute Gasteiger partial charge is 0.416 e. The van der Waals surface area contributed by atoms with Crippen LogP contribution in [0.25, 0.3) is 5.65 Å². The molecule has 2 amide bonds. The van der Waals surface area contributed by atoms with E-state index in [1.54, 1.807) is 37.9 Å². The molecule has 14 heteroatoms. The van der Waals surface area contributed by atoms with E-state index in [0.717, 1.165) is 30.2 Å². The lowest BCUT2D eigenvalue weighted by Gasteiger charge is -2.45. The zero-order valence-corrected chi connectivity index (χ0v) is 28.0. The van der Waals surface area contributed by atoms with Gasteiger partial charge in [0.2, 0.25) is 0 Å². The molecule has 2 aromatic heterocycles. The minimum Gasteiger partial charge on any atom is -0.444 e. The average molecular weight is 642 g/mol. The van der Waals surface area contributed by atoms with Crippen LogP contribution in [0.1, 0.15) is 86.3 Å². The number of aryl methyl sites for hydroxylation is 1. The van der Waals surface area contributed by atoms with Gasteiger partial charge in [0.15, 0.2) is 5.65 Å². The summed E-state index contributed by atoms with van der Waals surface area (Å²) >= 11 is 0. The summed E-state index contributed by atoms with van der Waals surface area (Å²) in [6.45, 7) is 16.5. The maximum Gasteiger partial charge on any atom is 0.416 e. The van der Waals surface area contributed by atoms with E-state index in [0.29, 0.717) is 30.9 Å². The molecule has 4 rings (SSSR count). The number of fused-ring (bicyclic) bond motifs is 1. The number of halogens is 1. The zero-order valence-electron chi connectivity index (χ0n) is 28.0. The number of ether oxygens (including phenoxy) is 2. The van der Waals surface area contributed by atoms with Crippen molar-refractivity contribution in [3.05, 3.63) is 57.5 Å². The van der Waals surface area contributed by atoms with Crippen molar-refractivity contribution < 1.29 is 28.4 Å². The van der Waals surface area contributed by atoms with Crippen LogP contribution in [0.15, 0.2) is 30.5 Å². The Morgan fingerprint density at radius 1 is 1.13 bits per heavy atom. The molecule has 0 radical (unpaired) electrons. The van der Waals surface area contributed by atoms with E-state index in [2.05, 4.69) is 10.4 Å². The lowest BCUT2D eigenvalue weighted by atomic mass is 9.88. The summed E-state index contributed by atoms with van der Waals surface area (Å²) in [5.74, 6) is -0.100. The van der Waals surface area contributed by atoms with Crippen LogP contribution in [-0.2, 0) is 22.4 Å². The van der Waals surface area contributed by atoms with E-state index < -0.39 is 39.7 Å². The van der Waals surface area contributed by atoms with E-state index in [1.807, 2.05) is 41.5 Å². The molecule has 3 heterocycles. The Morgan fingerprint density at radius 2 is 1.80 bits per heavy atom. The van der Waals surface area contributed by atoms with Crippen LogP contribution < -0.4 is 10.2 Å². The Hall–Kier alpha value is -4.49. The van der Waals surface area contributed by atoms with Crippen LogP contribution in [0.2, 0.25) is 0 Å². The van der Waals surface area contributed by atoms with Gasteiger partial charge in [-0.05, 0) is 80.7 Å². The van der Waals surface area contributed by atoms with Crippen LogP contribution in [0.3, 0.4) is 0 Å². The fraction of sp³-hybridized carbons (Fsp3) is 0.562. The van der Waals surface area contributed by atoms with Crippen LogP contribution in [0, 0.1) is 15.9 Å². The van der Waals surface area contributed by atoms with Crippen molar-refractivity contribution in [1.29, 1.82) is 0 Å². The number of hydrogen-bond acceptors (Lipinski definition) is 9. The lowest BCUT2D eigenvalue weighted by Crippen LogP contribution is -2.57. The Balaban J connectivity index is 1.78. The quantitative estimate of drug-likeness (QED) is 0.216. The van der Waals surface area contributed by atoms with Gasteiger partial charge in [0.05, 0.1) is 17.7 Å². The van der Waals surface area contributed by atoms with Gasteiger partial charge in [0, 0.05) is 47.5 Å². The third-order valence-corrected chi connectivity index (χ3v) is 7.57. The van der Waals surface area contributed by atoms with Gasteiger partial charge in [0.1, 0.15) is 28.7 Å². The predicted octanol–water partition coefficient (Wildman–Crippen LogP) is 6.87. The normalized spacial score (nSPS) is 16.7. The number of hydrogen-bond donors (Lipinski definition) is 1. The molecule has 0 spiro atoms. The monoisotopic (exact) mass is 641 g/mol. The number of benzene rings is 1. The van der Waals surface area contributed by atoms with Crippen molar-refractivity contribution in [2.75, 3.05) is 16.8 Å². The summed E-state index contributed by atoms with van der Waals surface area (Å²) in [7, 11) is 0. The summed E-state index contributed by atoms with van der Waals surface area (Å²) in [6.07, 6.45) is 2.44. The van der Waals surface area contributed by atoms with E-state index >= 15 is 4.39 Å². The number of rotatable bonds is 7. The number of amides is 2. The van der Waals surface area contributed by atoms with Gasteiger partial charge in [-0.2, -0.15) is 9.61 Å². The van der Waals surface area contributed by atoms with Gasteiger partial charge in [-0.15, -0.1) is 0 Å². The van der Waals surface area contributed by atoms with Crippen LogP contribution in [0.5, 0.6) is 0 Å². The molecule has 0 saturated carbocycles. The molecule has 3 aromatic rings. The van der Waals surface area contributed by atoms with Gasteiger partial charge in [-0.3, -0.25) is 15.0 Å².